The molecule has 18 heavy (non-hydrogen) atoms. The van der Waals surface area contributed by atoms with Crippen molar-refractivity contribution in [2.45, 2.75) is 24.6 Å². The average molecular weight is 307 g/mol. The van der Waals surface area contributed by atoms with Crippen LogP contribution in [0.15, 0.2) is 48.5 Å². The van der Waals surface area contributed by atoms with Crippen LogP contribution in [0.5, 0.6) is 0 Å². The molecule has 1 atom stereocenters. The van der Waals surface area contributed by atoms with Crippen LogP contribution in [0, 0.1) is 5.82 Å². The van der Waals surface area contributed by atoms with Crippen molar-refractivity contribution in [2.75, 3.05) is 0 Å². The van der Waals surface area contributed by atoms with Gasteiger partial charge in [-0.2, -0.15) is 0 Å². The predicted molar refractivity (Wildman–Crippen MR) is 77.6 cm³/mol. The van der Waals surface area contributed by atoms with Crippen LogP contribution in [0.3, 0.4) is 0 Å². The third kappa shape index (κ3) is 3.20. The Morgan fingerprint density at radius 1 is 1.06 bits per heavy atom. The van der Waals surface area contributed by atoms with Gasteiger partial charge < -0.3 is 0 Å². The first-order valence-electron chi connectivity index (χ1n) is 6.17. The Bertz CT molecular complexity index is 505. The first-order valence-corrected chi connectivity index (χ1v) is 7.08. The van der Waals surface area contributed by atoms with Crippen molar-refractivity contribution in [3.05, 3.63) is 71.0 Å². The highest BCUT2D eigenvalue weighted by Gasteiger charge is 2.10. The lowest BCUT2D eigenvalue weighted by Gasteiger charge is -2.11. The Morgan fingerprint density at radius 3 is 2.33 bits per heavy atom. The fraction of sp³-hybridized carbons (Fsp3) is 0.250. The molecule has 0 bridgehead atoms. The standard InChI is InChI=1S/C16H16BrF/c1-2-12-7-9-13(10-8-12)15(17)11-14-5-3-4-6-16(14)18/h3-10,15H,2,11H2,1H3. The molecule has 1 unspecified atom stereocenters. The van der Waals surface area contributed by atoms with Gasteiger partial charge >= 0.3 is 0 Å². The minimum absolute atomic E-state index is 0.132. The summed E-state index contributed by atoms with van der Waals surface area (Å²) in [6.07, 6.45) is 1.71. The Kier molecular flexibility index (Phi) is 4.54. The molecule has 2 rings (SSSR count). The van der Waals surface area contributed by atoms with Crippen LogP contribution in [0.1, 0.15) is 28.4 Å². The molecular formula is C16H16BrF. The second-order valence-electron chi connectivity index (χ2n) is 4.36. The summed E-state index contributed by atoms with van der Waals surface area (Å²) in [6, 6.07) is 15.4. The molecule has 0 amide bonds. The molecule has 94 valence electrons. The van der Waals surface area contributed by atoms with Crippen molar-refractivity contribution in [3.8, 4) is 0 Å². The molecule has 2 heteroatoms. The van der Waals surface area contributed by atoms with Gasteiger partial charge in [0.05, 0.1) is 0 Å². The highest BCUT2D eigenvalue weighted by Crippen LogP contribution is 2.28. The molecule has 2 aromatic carbocycles. The second kappa shape index (κ2) is 6.14. The number of aryl methyl sites for hydroxylation is 1. The molecule has 2 aromatic rings. The van der Waals surface area contributed by atoms with Crippen molar-refractivity contribution in [1.82, 2.24) is 0 Å². The van der Waals surface area contributed by atoms with E-state index in [4.69, 9.17) is 0 Å². The molecule has 0 fully saturated rings. The van der Waals surface area contributed by atoms with E-state index in [1.807, 2.05) is 12.1 Å². The fourth-order valence-electron chi connectivity index (χ4n) is 1.94. The summed E-state index contributed by atoms with van der Waals surface area (Å²) < 4.78 is 13.6. The molecule has 0 radical (unpaired) electrons. The van der Waals surface area contributed by atoms with Gasteiger partial charge in [-0.15, -0.1) is 0 Å². The minimum atomic E-state index is -0.132. The maximum Gasteiger partial charge on any atom is 0.126 e. The summed E-state index contributed by atoms with van der Waals surface area (Å²) in [5.41, 5.74) is 3.26. The van der Waals surface area contributed by atoms with E-state index >= 15 is 0 Å². The van der Waals surface area contributed by atoms with Gasteiger partial charge in [-0.25, -0.2) is 4.39 Å². The van der Waals surface area contributed by atoms with Crippen LogP contribution in [-0.2, 0) is 12.8 Å². The number of rotatable bonds is 4. The third-order valence-corrected chi connectivity index (χ3v) is 3.96. The minimum Gasteiger partial charge on any atom is -0.207 e. The Morgan fingerprint density at radius 2 is 1.72 bits per heavy atom. The zero-order chi connectivity index (χ0) is 13.0. The number of hydrogen-bond acceptors (Lipinski definition) is 0. The average Bonchev–Trinajstić information content (AvgIpc) is 2.41. The number of halogens is 2. The van der Waals surface area contributed by atoms with Crippen LogP contribution in [0.2, 0.25) is 0 Å². The van der Waals surface area contributed by atoms with Gasteiger partial charge in [0, 0.05) is 4.83 Å². The van der Waals surface area contributed by atoms with Gasteiger partial charge in [-0.05, 0) is 35.6 Å². The zero-order valence-corrected chi connectivity index (χ0v) is 12.0. The molecule has 0 aliphatic rings. The number of hydrogen-bond donors (Lipinski definition) is 0. The largest absolute Gasteiger partial charge is 0.207 e. The first kappa shape index (κ1) is 13.3. The van der Waals surface area contributed by atoms with Crippen LogP contribution >= 0.6 is 15.9 Å². The van der Waals surface area contributed by atoms with Crippen molar-refractivity contribution in [3.63, 3.8) is 0 Å². The van der Waals surface area contributed by atoms with E-state index in [1.54, 1.807) is 6.07 Å². The monoisotopic (exact) mass is 306 g/mol. The van der Waals surface area contributed by atoms with E-state index in [2.05, 4.69) is 47.1 Å². The van der Waals surface area contributed by atoms with Crippen LogP contribution in [0.4, 0.5) is 4.39 Å². The Hall–Kier alpha value is -1.15. The summed E-state index contributed by atoms with van der Waals surface area (Å²) in [5.74, 6) is -0.132. The lowest BCUT2D eigenvalue weighted by Crippen LogP contribution is -1.98. The van der Waals surface area contributed by atoms with Crippen LogP contribution in [0.25, 0.3) is 0 Å². The number of benzene rings is 2. The molecule has 0 aliphatic carbocycles. The summed E-state index contributed by atoms with van der Waals surface area (Å²) in [6.45, 7) is 2.14. The normalized spacial score (nSPS) is 12.4. The second-order valence-corrected chi connectivity index (χ2v) is 5.46. The third-order valence-electron chi connectivity index (χ3n) is 3.11. The molecule has 0 nitrogen and oxygen atoms in total. The molecule has 0 heterocycles. The molecule has 0 aromatic heterocycles. The molecule has 0 saturated heterocycles. The summed E-state index contributed by atoms with van der Waals surface area (Å²) >= 11 is 3.64. The van der Waals surface area contributed by atoms with Crippen LogP contribution < -0.4 is 0 Å². The number of alkyl halides is 1. The summed E-state index contributed by atoms with van der Waals surface area (Å²) in [4.78, 5) is 0.153. The van der Waals surface area contributed by atoms with Gasteiger partial charge in [-0.1, -0.05) is 65.3 Å². The van der Waals surface area contributed by atoms with E-state index in [1.165, 1.54) is 17.2 Å². The van der Waals surface area contributed by atoms with Crippen molar-refractivity contribution >= 4 is 15.9 Å². The van der Waals surface area contributed by atoms with E-state index < -0.39 is 0 Å². The molecule has 0 N–H and O–H groups in total. The first-order chi connectivity index (χ1) is 8.70. The zero-order valence-electron chi connectivity index (χ0n) is 10.4. The SMILES string of the molecule is CCc1ccc(C(Br)Cc2ccccc2F)cc1. The van der Waals surface area contributed by atoms with Crippen LogP contribution in [-0.4, -0.2) is 0 Å². The van der Waals surface area contributed by atoms with Gasteiger partial charge in [0.1, 0.15) is 5.82 Å². The van der Waals surface area contributed by atoms with Gasteiger partial charge in [0.15, 0.2) is 0 Å². The van der Waals surface area contributed by atoms with Crippen molar-refractivity contribution < 1.29 is 4.39 Å². The van der Waals surface area contributed by atoms with E-state index in [-0.39, 0.29) is 10.6 Å². The van der Waals surface area contributed by atoms with Gasteiger partial charge in [-0.3, -0.25) is 0 Å². The smallest absolute Gasteiger partial charge is 0.126 e. The summed E-state index contributed by atoms with van der Waals surface area (Å²) in [5, 5.41) is 0. The van der Waals surface area contributed by atoms with E-state index in [0.717, 1.165) is 12.0 Å². The van der Waals surface area contributed by atoms with Gasteiger partial charge in [0.25, 0.3) is 0 Å². The summed E-state index contributed by atoms with van der Waals surface area (Å²) in [7, 11) is 0. The Balaban J connectivity index is 2.11. The van der Waals surface area contributed by atoms with Crippen molar-refractivity contribution in [2.24, 2.45) is 0 Å². The Labute approximate surface area is 116 Å². The molecular weight excluding hydrogens is 291 g/mol. The maximum atomic E-state index is 13.6. The predicted octanol–water partition coefficient (Wildman–Crippen LogP) is 5.07. The van der Waals surface area contributed by atoms with Gasteiger partial charge in [0.2, 0.25) is 0 Å². The molecule has 0 spiro atoms. The maximum absolute atomic E-state index is 13.6. The van der Waals surface area contributed by atoms with E-state index in [0.29, 0.717) is 6.42 Å². The highest BCUT2D eigenvalue weighted by atomic mass is 79.9. The molecule has 0 aliphatic heterocycles. The molecule has 0 saturated carbocycles. The van der Waals surface area contributed by atoms with Crippen molar-refractivity contribution in [1.29, 1.82) is 0 Å². The fourth-order valence-corrected chi connectivity index (χ4v) is 2.59. The lowest BCUT2D eigenvalue weighted by atomic mass is 10.0. The quantitative estimate of drug-likeness (QED) is 0.692. The van der Waals surface area contributed by atoms with E-state index in [9.17, 15) is 4.39 Å². The lowest BCUT2D eigenvalue weighted by molar-refractivity contribution is 0.608. The highest BCUT2D eigenvalue weighted by molar-refractivity contribution is 9.09. The topological polar surface area (TPSA) is 0 Å².